The Morgan fingerprint density at radius 2 is 1.84 bits per heavy atom. The highest BCUT2D eigenvalue weighted by Crippen LogP contribution is 2.36. The molecule has 2 nitrogen and oxygen atoms in total. The zero-order chi connectivity index (χ0) is 13.7. The van der Waals surface area contributed by atoms with Gasteiger partial charge in [-0.3, -0.25) is 4.90 Å². The average molecular weight is 260 g/mol. The SMILES string of the molecule is CCC1(C)CCN(C(CNC)c2ccccc2)CC1. The van der Waals surface area contributed by atoms with Crippen LogP contribution in [0.25, 0.3) is 0 Å². The number of hydrogen-bond donors (Lipinski definition) is 1. The predicted molar refractivity (Wildman–Crippen MR) is 82.3 cm³/mol. The fraction of sp³-hybridized carbons (Fsp3) is 0.647. The third-order valence-corrected chi connectivity index (χ3v) is 4.88. The molecule has 1 aromatic rings. The zero-order valence-corrected chi connectivity index (χ0v) is 12.7. The summed E-state index contributed by atoms with van der Waals surface area (Å²) in [6.07, 6.45) is 3.97. The monoisotopic (exact) mass is 260 g/mol. The first-order chi connectivity index (χ1) is 9.18. The minimum Gasteiger partial charge on any atom is -0.318 e. The van der Waals surface area contributed by atoms with Crippen molar-refractivity contribution in [3.63, 3.8) is 0 Å². The van der Waals surface area contributed by atoms with Gasteiger partial charge in [0.25, 0.3) is 0 Å². The molecule has 1 heterocycles. The fourth-order valence-corrected chi connectivity index (χ4v) is 3.06. The highest BCUT2D eigenvalue weighted by Gasteiger charge is 2.31. The van der Waals surface area contributed by atoms with E-state index in [2.05, 4.69) is 61.4 Å². The van der Waals surface area contributed by atoms with Gasteiger partial charge in [-0.1, -0.05) is 50.6 Å². The summed E-state index contributed by atoms with van der Waals surface area (Å²) in [4.78, 5) is 2.66. The molecule has 2 rings (SSSR count). The highest BCUT2D eigenvalue weighted by atomic mass is 15.2. The molecule has 0 spiro atoms. The van der Waals surface area contributed by atoms with Gasteiger partial charge in [0.2, 0.25) is 0 Å². The Kier molecular flexibility index (Phi) is 5.00. The van der Waals surface area contributed by atoms with Crippen molar-refractivity contribution in [2.45, 2.75) is 39.2 Å². The van der Waals surface area contributed by atoms with Crippen molar-refractivity contribution in [3.8, 4) is 0 Å². The first kappa shape index (κ1) is 14.5. The molecular formula is C17H28N2. The molecule has 1 saturated heterocycles. The summed E-state index contributed by atoms with van der Waals surface area (Å²) in [6.45, 7) is 8.27. The summed E-state index contributed by atoms with van der Waals surface area (Å²) >= 11 is 0. The molecule has 1 unspecified atom stereocenters. The van der Waals surface area contributed by atoms with E-state index in [0.29, 0.717) is 11.5 Å². The van der Waals surface area contributed by atoms with Gasteiger partial charge >= 0.3 is 0 Å². The Labute approximate surface area is 118 Å². The lowest BCUT2D eigenvalue weighted by atomic mass is 9.78. The topological polar surface area (TPSA) is 15.3 Å². The lowest BCUT2D eigenvalue weighted by Gasteiger charge is -2.42. The molecule has 0 aromatic heterocycles. The van der Waals surface area contributed by atoms with Crippen LogP contribution in [0.5, 0.6) is 0 Å². The quantitative estimate of drug-likeness (QED) is 0.872. The van der Waals surface area contributed by atoms with Crippen LogP contribution in [0.3, 0.4) is 0 Å². The summed E-state index contributed by atoms with van der Waals surface area (Å²) in [5.41, 5.74) is 2.01. The Hall–Kier alpha value is -0.860. The van der Waals surface area contributed by atoms with Gasteiger partial charge in [-0.2, -0.15) is 0 Å². The van der Waals surface area contributed by atoms with Crippen molar-refractivity contribution in [3.05, 3.63) is 35.9 Å². The molecule has 1 N–H and O–H groups in total. The van der Waals surface area contributed by atoms with Crippen LogP contribution in [-0.2, 0) is 0 Å². The second kappa shape index (κ2) is 6.53. The molecule has 19 heavy (non-hydrogen) atoms. The second-order valence-corrected chi connectivity index (χ2v) is 6.18. The van der Waals surface area contributed by atoms with E-state index in [-0.39, 0.29) is 0 Å². The van der Waals surface area contributed by atoms with E-state index < -0.39 is 0 Å². The smallest absolute Gasteiger partial charge is 0.0472 e. The standard InChI is InChI=1S/C17H28N2/c1-4-17(2)10-12-19(13-11-17)16(14-18-3)15-8-6-5-7-9-15/h5-9,16,18H,4,10-14H2,1-3H3. The van der Waals surface area contributed by atoms with Crippen molar-refractivity contribution in [2.24, 2.45) is 5.41 Å². The van der Waals surface area contributed by atoms with E-state index in [1.165, 1.54) is 37.9 Å². The van der Waals surface area contributed by atoms with Crippen LogP contribution in [0.4, 0.5) is 0 Å². The number of likely N-dealkylation sites (N-methyl/N-ethyl adjacent to an activating group) is 1. The number of rotatable bonds is 5. The normalized spacial score (nSPS) is 21.2. The highest BCUT2D eigenvalue weighted by molar-refractivity contribution is 5.19. The van der Waals surface area contributed by atoms with Crippen LogP contribution >= 0.6 is 0 Å². The molecule has 1 atom stereocenters. The number of piperidine rings is 1. The maximum absolute atomic E-state index is 3.36. The molecule has 1 aromatic carbocycles. The molecule has 1 aliphatic heterocycles. The number of nitrogens with one attached hydrogen (secondary N) is 1. The van der Waals surface area contributed by atoms with Crippen LogP contribution in [0.2, 0.25) is 0 Å². The summed E-state index contributed by atoms with van der Waals surface area (Å²) in [5, 5.41) is 3.36. The maximum Gasteiger partial charge on any atom is 0.0472 e. The number of likely N-dealkylation sites (tertiary alicyclic amines) is 1. The van der Waals surface area contributed by atoms with Crippen LogP contribution < -0.4 is 5.32 Å². The van der Waals surface area contributed by atoms with Crippen LogP contribution in [-0.4, -0.2) is 31.6 Å². The number of nitrogens with zero attached hydrogens (tertiary/aromatic N) is 1. The van der Waals surface area contributed by atoms with E-state index in [1.54, 1.807) is 0 Å². The van der Waals surface area contributed by atoms with Gasteiger partial charge in [-0.15, -0.1) is 0 Å². The Morgan fingerprint density at radius 1 is 1.21 bits per heavy atom. The van der Waals surface area contributed by atoms with Gasteiger partial charge in [0, 0.05) is 12.6 Å². The minimum atomic E-state index is 0.521. The predicted octanol–water partition coefficient (Wildman–Crippen LogP) is 3.46. The zero-order valence-electron chi connectivity index (χ0n) is 12.7. The first-order valence-electron chi connectivity index (χ1n) is 7.62. The minimum absolute atomic E-state index is 0.521. The number of hydrogen-bond acceptors (Lipinski definition) is 2. The molecule has 1 fully saturated rings. The lowest BCUT2D eigenvalue weighted by molar-refractivity contribution is 0.0804. The number of benzene rings is 1. The van der Waals surface area contributed by atoms with E-state index in [9.17, 15) is 0 Å². The van der Waals surface area contributed by atoms with E-state index in [4.69, 9.17) is 0 Å². The van der Waals surface area contributed by atoms with Crippen LogP contribution in [0, 0.1) is 5.41 Å². The Bertz CT molecular complexity index is 366. The lowest BCUT2D eigenvalue weighted by Crippen LogP contribution is -2.43. The molecule has 0 bridgehead atoms. The van der Waals surface area contributed by atoms with Crippen LogP contribution in [0.15, 0.2) is 30.3 Å². The van der Waals surface area contributed by atoms with Crippen molar-refractivity contribution in [2.75, 3.05) is 26.7 Å². The van der Waals surface area contributed by atoms with Crippen molar-refractivity contribution >= 4 is 0 Å². The van der Waals surface area contributed by atoms with Gasteiger partial charge < -0.3 is 5.32 Å². The third kappa shape index (κ3) is 3.58. The fourth-order valence-electron chi connectivity index (χ4n) is 3.06. The van der Waals surface area contributed by atoms with Crippen molar-refractivity contribution < 1.29 is 0 Å². The van der Waals surface area contributed by atoms with Crippen molar-refractivity contribution in [1.29, 1.82) is 0 Å². The molecular weight excluding hydrogens is 232 g/mol. The summed E-state index contributed by atoms with van der Waals surface area (Å²) < 4.78 is 0. The van der Waals surface area contributed by atoms with Gasteiger partial charge in [0.15, 0.2) is 0 Å². The van der Waals surface area contributed by atoms with Crippen LogP contribution in [0.1, 0.15) is 44.7 Å². The molecule has 0 aliphatic carbocycles. The van der Waals surface area contributed by atoms with Crippen molar-refractivity contribution in [1.82, 2.24) is 10.2 Å². The van der Waals surface area contributed by atoms with Gasteiger partial charge in [-0.05, 0) is 44.0 Å². The molecule has 106 valence electrons. The second-order valence-electron chi connectivity index (χ2n) is 6.18. The van der Waals surface area contributed by atoms with E-state index in [0.717, 1.165) is 6.54 Å². The summed E-state index contributed by atoms with van der Waals surface area (Å²) in [5.74, 6) is 0. The van der Waals surface area contributed by atoms with E-state index in [1.807, 2.05) is 0 Å². The molecule has 0 saturated carbocycles. The van der Waals surface area contributed by atoms with Gasteiger partial charge in [0.1, 0.15) is 0 Å². The average Bonchev–Trinajstić information content (AvgIpc) is 2.47. The molecule has 1 aliphatic rings. The molecule has 2 heteroatoms. The maximum atomic E-state index is 3.36. The molecule has 0 amide bonds. The van der Waals surface area contributed by atoms with E-state index >= 15 is 0 Å². The summed E-state index contributed by atoms with van der Waals surface area (Å²) in [7, 11) is 2.05. The Balaban J connectivity index is 2.05. The Morgan fingerprint density at radius 3 is 2.37 bits per heavy atom. The molecule has 0 radical (unpaired) electrons. The first-order valence-corrected chi connectivity index (χ1v) is 7.62. The van der Waals surface area contributed by atoms with Gasteiger partial charge in [0.05, 0.1) is 0 Å². The van der Waals surface area contributed by atoms with Gasteiger partial charge in [-0.25, -0.2) is 0 Å². The summed E-state index contributed by atoms with van der Waals surface area (Å²) in [6, 6.07) is 11.4. The third-order valence-electron chi connectivity index (χ3n) is 4.88. The largest absolute Gasteiger partial charge is 0.318 e.